The fourth-order valence-corrected chi connectivity index (χ4v) is 7.77. The molecule has 6 nitrogen and oxygen atoms in total. The van der Waals surface area contributed by atoms with Crippen LogP contribution in [0.5, 0.6) is 0 Å². The molecule has 0 saturated heterocycles. The normalized spacial score (nSPS) is 43.9. The molecule has 0 aromatic rings. The Morgan fingerprint density at radius 2 is 1.90 bits per heavy atom. The van der Waals surface area contributed by atoms with Gasteiger partial charge in [0.2, 0.25) is 6.42 Å². The SMILES string of the molecule is C[C@]12CC[C@H]3[C@@H](CC(O)C4=CC(=O)CC(O)[C@@]43C)[C@@H]1CC[C@@H]2C(=O)CC(=O)CC[C+]=O. The van der Waals surface area contributed by atoms with E-state index in [4.69, 9.17) is 0 Å². The molecule has 0 amide bonds. The van der Waals surface area contributed by atoms with Gasteiger partial charge in [-0.3, -0.25) is 14.4 Å². The number of carbonyl (C=O) groups excluding carboxylic acids is 4. The van der Waals surface area contributed by atoms with Crippen LogP contribution in [-0.2, 0) is 19.2 Å². The maximum Gasteiger partial charge on any atom is 0.506 e. The lowest BCUT2D eigenvalue weighted by Gasteiger charge is -2.60. The molecular weight excluding hydrogens is 396 g/mol. The molecule has 0 spiro atoms. The summed E-state index contributed by atoms with van der Waals surface area (Å²) < 4.78 is 0. The lowest BCUT2D eigenvalue weighted by Crippen LogP contribution is -2.58. The standard InChI is InChI=1S/C25H33O6/c1-24-8-7-18-16(13-22(30)20-10-15(28)12-23(31)25(18,20)2)17(24)5-6-19(24)21(29)11-14(27)4-3-9-26/h10,16-19,22-23,30-31H,3-8,11-13H2,1-2H3/q+1/t16-,17-,18-,19+,22?,23?,24-,25+/m0/s1. The van der Waals surface area contributed by atoms with Crippen LogP contribution in [0.2, 0.25) is 0 Å². The summed E-state index contributed by atoms with van der Waals surface area (Å²) in [6, 6.07) is 0. The van der Waals surface area contributed by atoms with E-state index >= 15 is 0 Å². The Morgan fingerprint density at radius 1 is 1.16 bits per heavy atom. The van der Waals surface area contributed by atoms with Crippen LogP contribution in [0, 0.1) is 34.5 Å². The van der Waals surface area contributed by atoms with E-state index in [1.165, 1.54) is 0 Å². The van der Waals surface area contributed by atoms with Gasteiger partial charge in [0.05, 0.1) is 25.0 Å². The van der Waals surface area contributed by atoms with E-state index in [-0.39, 0.29) is 72.1 Å². The quantitative estimate of drug-likeness (QED) is 0.496. The molecule has 0 aliphatic heterocycles. The molecule has 2 unspecified atom stereocenters. The van der Waals surface area contributed by atoms with Gasteiger partial charge in [-0.05, 0) is 66.9 Å². The van der Waals surface area contributed by atoms with Crippen molar-refractivity contribution in [3.8, 4) is 0 Å². The molecule has 3 fully saturated rings. The molecule has 0 aromatic heterocycles. The second-order valence-corrected chi connectivity index (χ2v) is 10.7. The van der Waals surface area contributed by atoms with Gasteiger partial charge >= 0.3 is 6.29 Å². The zero-order valence-electron chi connectivity index (χ0n) is 18.4. The molecule has 168 valence electrons. The monoisotopic (exact) mass is 429 g/mol. The third-order valence-corrected chi connectivity index (χ3v) is 9.35. The van der Waals surface area contributed by atoms with Crippen LogP contribution < -0.4 is 0 Å². The lowest BCUT2D eigenvalue weighted by atomic mass is 9.45. The minimum atomic E-state index is -0.794. The highest BCUT2D eigenvalue weighted by molar-refractivity contribution is 6.01. The largest absolute Gasteiger partial charge is 0.506 e. The number of carbonyl (C=O) groups is 3. The predicted octanol–water partition coefficient (Wildman–Crippen LogP) is 2.49. The minimum Gasteiger partial charge on any atom is -0.392 e. The van der Waals surface area contributed by atoms with Crippen LogP contribution in [0.1, 0.15) is 71.6 Å². The Labute approximate surface area is 183 Å². The van der Waals surface area contributed by atoms with Crippen molar-refractivity contribution in [1.29, 1.82) is 0 Å². The Morgan fingerprint density at radius 3 is 2.61 bits per heavy atom. The van der Waals surface area contributed by atoms with Crippen molar-refractivity contribution in [3.05, 3.63) is 11.6 Å². The highest BCUT2D eigenvalue weighted by Crippen LogP contribution is 2.66. The highest BCUT2D eigenvalue weighted by atomic mass is 16.3. The van der Waals surface area contributed by atoms with Crippen molar-refractivity contribution in [2.75, 3.05) is 0 Å². The molecular formula is C25H33O6+. The van der Waals surface area contributed by atoms with Crippen LogP contribution in [0.25, 0.3) is 0 Å². The molecule has 31 heavy (non-hydrogen) atoms. The molecule has 0 bridgehead atoms. The average Bonchev–Trinajstić information content (AvgIpc) is 3.06. The lowest BCUT2D eigenvalue weighted by molar-refractivity contribution is -0.142. The van der Waals surface area contributed by atoms with Gasteiger partial charge in [0.15, 0.2) is 5.78 Å². The summed E-state index contributed by atoms with van der Waals surface area (Å²) in [5, 5.41) is 21.9. The topological polar surface area (TPSA) is 109 Å². The summed E-state index contributed by atoms with van der Waals surface area (Å²) >= 11 is 0. The van der Waals surface area contributed by atoms with Crippen molar-refractivity contribution >= 4 is 23.6 Å². The fraction of sp³-hybridized carbons (Fsp3) is 0.760. The third kappa shape index (κ3) is 3.44. The number of aliphatic hydroxyl groups excluding tert-OH is 2. The summed E-state index contributed by atoms with van der Waals surface area (Å²) in [4.78, 5) is 47.5. The van der Waals surface area contributed by atoms with Crippen LogP contribution in [0.15, 0.2) is 11.6 Å². The van der Waals surface area contributed by atoms with Crippen molar-refractivity contribution in [2.45, 2.75) is 83.8 Å². The first-order chi connectivity index (χ1) is 14.6. The van der Waals surface area contributed by atoms with E-state index in [1.54, 1.807) is 12.4 Å². The van der Waals surface area contributed by atoms with E-state index in [0.29, 0.717) is 12.0 Å². The van der Waals surface area contributed by atoms with E-state index in [9.17, 15) is 29.4 Å². The number of Topliss-reactive ketones (excluding diaryl/α,β-unsaturated/α-hetero) is 2. The number of hydrogen-bond acceptors (Lipinski definition) is 6. The maximum absolute atomic E-state index is 13.0. The van der Waals surface area contributed by atoms with Gasteiger partial charge in [-0.15, -0.1) is 0 Å². The van der Waals surface area contributed by atoms with Gasteiger partial charge in [0.25, 0.3) is 0 Å². The molecule has 0 radical (unpaired) electrons. The number of hydrogen-bond donors (Lipinski definition) is 2. The summed E-state index contributed by atoms with van der Waals surface area (Å²) in [5.74, 6) is 0.0735. The third-order valence-electron chi connectivity index (χ3n) is 9.35. The molecule has 4 rings (SSSR count). The van der Waals surface area contributed by atoms with Gasteiger partial charge < -0.3 is 10.2 Å². The van der Waals surface area contributed by atoms with Gasteiger partial charge in [0.1, 0.15) is 11.6 Å². The molecule has 4 aliphatic rings. The van der Waals surface area contributed by atoms with Crippen LogP contribution in [0.3, 0.4) is 0 Å². The van der Waals surface area contributed by atoms with Crippen molar-refractivity contribution in [2.24, 2.45) is 34.5 Å². The van der Waals surface area contributed by atoms with Gasteiger partial charge in [0, 0.05) is 22.5 Å². The molecule has 4 aliphatic carbocycles. The Bertz CT molecular complexity index is 830. The van der Waals surface area contributed by atoms with E-state index < -0.39 is 17.6 Å². The van der Waals surface area contributed by atoms with Gasteiger partial charge in [-0.1, -0.05) is 13.8 Å². The summed E-state index contributed by atoms with van der Waals surface area (Å²) in [5.41, 5.74) is -0.146. The highest BCUT2D eigenvalue weighted by Gasteiger charge is 2.63. The molecule has 2 N–H and O–H groups in total. The van der Waals surface area contributed by atoms with Crippen molar-refractivity contribution in [3.63, 3.8) is 0 Å². The summed E-state index contributed by atoms with van der Waals surface area (Å²) in [6.45, 7) is 4.16. The molecule has 8 atom stereocenters. The van der Waals surface area contributed by atoms with E-state index in [0.717, 1.165) is 25.7 Å². The fourth-order valence-electron chi connectivity index (χ4n) is 7.77. The number of ketones is 3. The van der Waals surface area contributed by atoms with Crippen molar-refractivity contribution < 1.29 is 29.4 Å². The molecule has 6 heteroatoms. The number of rotatable bonds is 6. The smallest absolute Gasteiger partial charge is 0.392 e. The zero-order chi connectivity index (χ0) is 22.6. The summed E-state index contributed by atoms with van der Waals surface area (Å²) in [6.07, 6.45) is 5.67. The van der Waals surface area contributed by atoms with Gasteiger partial charge in [-0.2, -0.15) is 0 Å². The summed E-state index contributed by atoms with van der Waals surface area (Å²) in [7, 11) is 0. The number of aliphatic hydroxyl groups is 2. The first kappa shape index (κ1) is 22.4. The number of fused-ring (bicyclic) bond motifs is 5. The van der Waals surface area contributed by atoms with E-state index in [1.807, 2.05) is 6.92 Å². The maximum atomic E-state index is 13.0. The van der Waals surface area contributed by atoms with Crippen LogP contribution in [-0.4, -0.2) is 46.1 Å². The first-order valence-electron chi connectivity index (χ1n) is 11.6. The minimum absolute atomic E-state index is 0.0224. The molecule has 0 heterocycles. The average molecular weight is 430 g/mol. The predicted molar refractivity (Wildman–Crippen MR) is 113 cm³/mol. The second kappa shape index (κ2) is 7.99. The van der Waals surface area contributed by atoms with E-state index in [2.05, 4.69) is 6.92 Å². The van der Waals surface area contributed by atoms with Crippen LogP contribution in [0.4, 0.5) is 0 Å². The Hall–Kier alpha value is -1.75. The zero-order valence-corrected chi connectivity index (χ0v) is 18.4. The molecule has 3 saturated carbocycles. The van der Waals surface area contributed by atoms with Crippen molar-refractivity contribution in [1.82, 2.24) is 0 Å². The Balaban J connectivity index is 1.57. The molecule has 0 aromatic carbocycles. The Kier molecular flexibility index (Phi) is 5.78. The van der Waals surface area contributed by atoms with Crippen LogP contribution >= 0.6 is 0 Å². The first-order valence-corrected chi connectivity index (χ1v) is 11.6. The second-order valence-electron chi connectivity index (χ2n) is 10.7. The van der Waals surface area contributed by atoms with Gasteiger partial charge in [-0.25, -0.2) is 0 Å².